The van der Waals surface area contributed by atoms with Crippen LogP contribution >= 0.6 is 47.8 Å². The van der Waals surface area contributed by atoms with Gasteiger partial charge in [-0.1, -0.05) is 23.7 Å². The van der Waals surface area contributed by atoms with E-state index in [1.54, 1.807) is 0 Å². The first-order valence-electron chi connectivity index (χ1n) is 8.80. The van der Waals surface area contributed by atoms with E-state index in [0.717, 1.165) is 60.2 Å². The van der Waals surface area contributed by atoms with E-state index in [-0.39, 0.29) is 30.7 Å². The van der Waals surface area contributed by atoms with Gasteiger partial charge in [-0.2, -0.15) is 0 Å². The fourth-order valence-electron chi connectivity index (χ4n) is 3.86. The van der Waals surface area contributed by atoms with Crippen LogP contribution in [0.3, 0.4) is 0 Å². The molecule has 1 amide bonds. The third-order valence-corrected chi connectivity index (χ3v) is 6.97. The number of benzene rings is 1. The second-order valence-electron chi connectivity index (χ2n) is 7.16. The Bertz CT molecular complexity index is 778. The third kappa shape index (κ3) is 4.60. The molecule has 148 valence electrons. The van der Waals surface area contributed by atoms with Crippen LogP contribution in [0.1, 0.15) is 34.6 Å². The Balaban J connectivity index is 0.00000131. The van der Waals surface area contributed by atoms with Gasteiger partial charge in [0.2, 0.25) is 0 Å². The number of hydrogen-bond donors (Lipinski definition) is 1. The zero-order valence-corrected chi connectivity index (χ0v) is 18.4. The van der Waals surface area contributed by atoms with Crippen molar-refractivity contribution in [1.82, 2.24) is 15.2 Å². The molecule has 2 aliphatic heterocycles. The Hall–Kier alpha value is -0.850. The summed E-state index contributed by atoms with van der Waals surface area (Å²) in [5.41, 5.74) is 2.25. The van der Waals surface area contributed by atoms with Crippen LogP contribution in [0.2, 0.25) is 5.02 Å². The molecule has 1 aromatic heterocycles. The van der Waals surface area contributed by atoms with Crippen molar-refractivity contribution in [2.75, 3.05) is 26.2 Å². The Morgan fingerprint density at radius 1 is 1.19 bits per heavy atom. The van der Waals surface area contributed by atoms with Crippen molar-refractivity contribution in [2.45, 2.75) is 26.2 Å². The first kappa shape index (κ1) is 22.4. The van der Waals surface area contributed by atoms with Gasteiger partial charge in [-0.25, -0.2) is 4.98 Å². The molecular formula is C19H24Cl3N3OS. The van der Waals surface area contributed by atoms with Gasteiger partial charge in [-0.05, 0) is 50.3 Å². The Labute approximate surface area is 181 Å². The smallest absolute Gasteiger partial charge is 0.265 e. The number of halogens is 3. The molecule has 2 aromatic rings. The summed E-state index contributed by atoms with van der Waals surface area (Å²) in [5, 5.41) is 5.06. The fraction of sp³-hybridized carbons (Fsp3) is 0.474. The van der Waals surface area contributed by atoms with Crippen molar-refractivity contribution in [2.24, 2.45) is 5.41 Å². The molecule has 1 N–H and O–H groups in total. The number of carbonyl (C=O) groups is 1. The summed E-state index contributed by atoms with van der Waals surface area (Å²) in [6.45, 7) is 5.86. The van der Waals surface area contributed by atoms with Crippen LogP contribution in [0.25, 0.3) is 10.6 Å². The lowest BCUT2D eigenvalue weighted by atomic mass is 9.78. The molecule has 0 aliphatic carbocycles. The van der Waals surface area contributed by atoms with Gasteiger partial charge in [0.05, 0.1) is 5.69 Å². The highest BCUT2D eigenvalue weighted by molar-refractivity contribution is 7.17. The molecule has 0 unspecified atom stereocenters. The predicted molar refractivity (Wildman–Crippen MR) is 117 cm³/mol. The number of hydrogen-bond acceptors (Lipinski definition) is 4. The minimum atomic E-state index is 0. The summed E-state index contributed by atoms with van der Waals surface area (Å²) < 4.78 is 0. The molecule has 27 heavy (non-hydrogen) atoms. The SMILES string of the molecule is Cc1nc(-c2ccc(Cl)cc2)sc1C(=O)N1CCC2(CCNC2)CC1.Cl.Cl. The fourth-order valence-corrected chi connectivity index (χ4v) is 5.03. The number of aryl methyl sites for hydroxylation is 1. The van der Waals surface area contributed by atoms with E-state index in [4.69, 9.17) is 11.6 Å². The standard InChI is InChI=1S/C19H22ClN3OS.2ClH/c1-13-16(25-17(22-13)14-2-4-15(20)5-3-14)18(24)23-10-7-19(8-11-23)6-9-21-12-19;;/h2-5,21H,6-12H2,1H3;2*1H. The maximum absolute atomic E-state index is 13.0. The minimum Gasteiger partial charge on any atom is -0.338 e. The number of thiazole rings is 1. The highest BCUT2D eigenvalue weighted by Gasteiger charge is 2.38. The number of nitrogens with one attached hydrogen (secondary N) is 1. The molecule has 0 radical (unpaired) electrons. The first-order valence-corrected chi connectivity index (χ1v) is 9.99. The lowest BCUT2D eigenvalue weighted by molar-refractivity contribution is 0.0611. The van der Waals surface area contributed by atoms with Crippen molar-refractivity contribution in [1.29, 1.82) is 0 Å². The average molecular weight is 449 g/mol. The van der Waals surface area contributed by atoms with E-state index in [9.17, 15) is 4.79 Å². The molecule has 4 rings (SSSR count). The first-order chi connectivity index (χ1) is 12.1. The van der Waals surface area contributed by atoms with E-state index in [0.29, 0.717) is 10.4 Å². The zero-order chi connectivity index (χ0) is 17.4. The van der Waals surface area contributed by atoms with E-state index in [1.165, 1.54) is 17.8 Å². The molecule has 0 atom stereocenters. The van der Waals surface area contributed by atoms with Crippen molar-refractivity contribution in [3.8, 4) is 10.6 Å². The van der Waals surface area contributed by atoms with E-state index < -0.39 is 0 Å². The summed E-state index contributed by atoms with van der Waals surface area (Å²) in [5.74, 6) is 0.135. The van der Waals surface area contributed by atoms with Crippen LogP contribution < -0.4 is 5.32 Å². The van der Waals surface area contributed by atoms with E-state index in [1.807, 2.05) is 36.1 Å². The van der Waals surface area contributed by atoms with Crippen LogP contribution in [0.4, 0.5) is 0 Å². The van der Waals surface area contributed by atoms with Gasteiger partial charge in [-0.3, -0.25) is 4.79 Å². The third-order valence-electron chi connectivity index (χ3n) is 5.53. The molecule has 0 bridgehead atoms. The van der Waals surface area contributed by atoms with Gasteiger partial charge >= 0.3 is 0 Å². The van der Waals surface area contributed by atoms with Gasteiger partial charge in [0, 0.05) is 30.2 Å². The Morgan fingerprint density at radius 3 is 2.44 bits per heavy atom. The quantitative estimate of drug-likeness (QED) is 0.715. The van der Waals surface area contributed by atoms with Crippen molar-refractivity contribution < 1.29 is 4.79 Å². The minimum absolute atomic E-state index is 0. The highest BCUT2D eigenvalue weighted by Crippen LogP contribution is 2.38. The molecule has 4 nitrogen and oxygen atoms in total. The van der Waals surface area contributed by atoms with Crippen molar-refractivity contribution in [3.05, 3.63) is 39.9 Å². The highest BCUT2D eigenvalue weighted by atomic mass is 35.5. The second kappa shape index (κ2) is 9.10. The molecule has 1 spiro atoms. The molecule has 2 fully saturated rings. The normalized spacial score (nSPS) is 18.1. The van der Waals surface area contributed by atoms with Crippen LogP contribution in [-0.2, 0) is 0 Å². The number of amides is 1. The van der Waals surface area contributed by atoms with Crippen LogP contribution in [0, 0.1) is 12.3 Å². The van der Waals surface area contributed by atoms with Gasteiger partial charge in [0.15, 0.2) is 0 Å². The van der Waals surface area contributed by atoms with Gasteiger partial charge in [0.25, 0.3) is 5.91 Å². The summed E-state index contributed by atoms with van der Waals surface area (Å²) in [6, 6.07) is 7.61. The molecule has 2 saturated heterocycles. The van der Waals surface area contributed by atoms with Crippen molar-refractivity contribution in [3.63, 3.8) is 0 Å². The molecule has 1 aromatic carbocycles. The molecular weight excluding hydrogens is 425 g/mol. The average Bonchev–Trinajstić information content (AvgIpc) is 3.23. The number of likely N-dealkylation sites (tertiary alicyclic amines) is 1. The van der Waals surface area contributed by atoms with Gasteiger partial charge in [-0.15, -0.1) is 36.2 Å². The topological polar surface area (TPSA) is 45.2 Å². The van der Waals surface area contributed by atoms with Gasteiger partial charge in [0.1, 0.15) is 9.88 Å². The monoisotopic (exact) mass is 447 g/mol. The number of carbonyl (C=O) groups excluding carboxylic acids is 1. The Kier molecular flexibility index (Phi) is 7.56. The number of rotatable bonds is 2. The number of nitrogens with zero attached hydrogens (tertiary/aromatic N) is 2. The molecule has 0 saturated carbocycles. The predicted octanol–water partition coefficient (Wildman–Crippen LogP) is 4.83. The van der Waals surface area contributed by atoms with Crippen molar-refractivity contribution >= 4 is 53.7 Å². The maximum atomic E-state index is 13.0. The van der Waals surface area contributed by atoms with Gasteiger partial charge < -0.3 is 10.2 Å². The Morgan fingerprint density at radius 2 is 1.85 bits per heavy atom. The summed E-state index contributed by atoms with van der Waals surface area (Å²) in [6.07, 6.45) is 3.45. The zero-order valence-electron chi connectivity index (χ0n) is 15.2. The number of aromatic nitrogens is 1. The lowest BCUT2D eigenvalue weighted by Crippen LogP contribution is -2.44. The molecule has 2 aliphatic rings. The second-order valence-corrected chi connectivity index (χ2v) is 8.59. The summed E-state index contributed by atoms with van der Waals surface area (Å²) in [7, 11) is 0. The lowest BCUT2D eigenvalue weighted by Gasteiger charge is -2.38. The largest absolute Gasteiger partial charge is 0.338 e. The maximum Gasteiger partial charge on any atom is 0.265 e. The van der Waals surface area contributed by atoms with Crippen LogP contribution in [0.5, 0.6) is 0 Å². The van der Waals surface area contributed by atoms with Crippen LogP contribution in [-0.4, -0.2) is 42.0 Å². The molecule has 3 heterocycles. The summed E-state index contributed by atoms with van der Waals surface area (Å²) >= 11 is 7.44. The number of piperidine rings is 1. The summed E-state index contributed by atoms with van der Waals surface area (Å²) in [4.78, 5) is 20.4. The van der Waals surface area contributed by atoms with Crippen LogP contribution in [0.15, 0.2) is 24.3 Å². The van der Waals surface area contributed by atoms with E-state index in [2.05, 4.69) is 10.3 Å². The van der Waals surface area contributed by atoms with E-state index >= 15 is 0 Å². The molecule has 8 heteroatoms.